The van der Waals surface area contributed by atoms with E-state index in [0.717, 1.165) is 51.1 Å². The van der Waals surface area contributed by atoms with E-state index >= 15 is 0 Å². The molecule has 2 heterocycles. The molecule has 1 aliphatic carbocycles. The summed E-state index contributed by atoms with van der Waals surface area (Å²) in [6.07, 6.45) is 5.97. The second-order valence-corrected chi connectivity index (χ2v) is 6.41. The second-order valence-electron chi connectivity index (χ2n) is 6.41. The highest BCUT2D eigenvalue weighted by molar-refractivity contribution is 5.80. The van der Waals surface area contributed by atoms with Crippen molar-refractivity contribution in [1.29, 1.82) is 5.26 Å². The molecule has 1 saturated heterocycles. The van der Waals surface area contributed by atoms with Gasteiger partial charge in [-0.15, -0.1) is 0 Å². The summed E-state index contributed by atoms with van der Waals surface area (Å²) in [5.74, 6) is 1.97. The van der Waals surface area contributed by atoms with E-state index < -0.39 is 0 Å². The molecule has 0 atom stereocenters. The van der Waals surface area contributed by atoms with Crippen molar-refractivity contribution < 1.29 is 4.79 Å². The quantitative estimate of drug-likeness (QED) is 0.853. The van der Waals surface area contributed by atoms with Crippen molar-refractivity contribution in [3.8, 4) is 6.07 Å². The topological polar surface area (TPSA) is 60.2 Å². The number of hydrogen-bond acceptors (Lipinski definition) is 4. The maximum Gasteiger partial charge on any atom is 0.225 e. The summed E-state index contributed by atoms with van der Waals surface area (Å²) in [6, 6.07) is 5.83. The lowest BCUT2D eigenvalue weighted by molar-refractivity contribution is -0.131. The Bertz CT molecular complexity index is 583. The lowest BCUT2D eigenvalue weighted by atomic mass is 9.96. The summed E-state index contributed by atoms with van der Waals surface area (Å²) in [7, 11) is 1.93. The van der Waals surface area contributed by atoms with Crippen LogP contribution in [0.25, 0.3) is 0 Å². The highest BCUT2D eigenvalue weighted by Crippen LogP contribution is 2.31. The maximum absolute atomic E-state index is 12.0. The lowest BCUT2D eigenvalue weighted by Gasteiger charge is -2.34. The largest absolute Gasteiger partial charge is 0.356 e. The third-order valence-corrected chi connectivity index (χ3v) is 4.66. The van der Waals surface area contributed by atoms with E-state index in [-0.39, 0.29) is 0 Å². The van der Waals surface area contributed by atoms with Crippen molar-refractivity contribution in [2.24, 2.45) is 11.8 Å². The normalized spacial score (nSPS) is 18.8. The van der Waals surface area contributed by atoms with Gasteiger partial charge in [0.15, 0.2) is 0 Å². The fourth-order valence-corrected chi connectivity index (χ4v) is 3.18. The third-order valence-electron chi connectivity index (χ3n) is 4.66. The molecule has 0 unspecified atom stereocenters. The third kappa shape index (κ3) is 3.22. The van der Waals surface area contributed by atoms with Gasteiger partial charge in [-0.25, -0.2) is 4.98 Å². The predicted molar refractivity (Wildman–Crippen MR) is 84.3 cm³/mol. The molecule has 3 rings (SSSR count). The van der Waals surface area contributed by atoms with E-state index in [0.29, 0.717) is 23.3 Å². The first-order chi connectivity index (χ1) is 10.7. The van der Waals surface area contributed by atoms with Crippen LogP contribution in [0.4, 0.5) is 5.82 Å². The molecule has 1 saturated carbocycles. The van der Waals surface area contributed by atoms with Crippen LogP contribution in [0.2, 0.25) is 0 Å². The number of amides is 1. The molecule has 0 radical (unpaired) electrons. The van der Waals surface area contributed by atoms with Crippen LogP contribution in [0.3, 0.4) is 0 Å². The van der Waals surface area contributed by atoms with Crippen LogP contribution in [0.15, 0.2) is 18.3 Å². The first kappa shape index (κ1) is 14.8. The van der Waals surface area contributed by atoms with E-state index in [1.807, 2.05) is 18.0 Å². The zero-order valence-corrected chi connectivity index (χ0v) is 13.0. The van der Waals surface area contributed by atoms with Crippen LogP contribution in [-0.2, 0) is 4.79 Å². The summed E-state index contributed by atoms with van der Waals surface area (Å²) in [6.45, 7) is 2.67. The van der Waals surface area contributed by atoms with Crippen LogP contribution in [-0.4, -0.2) is 42.5 Å². The second kappa shape index (κ2) is 6.35. The van der Waals surface area contributed by atoms with Gasteiger partial charge in [0.1, 0.15) is 11.9 Å². The summed E-state index contributed by atoms with van der Waals surface area (Å²) < 4.78 is 0. The summed E-state index contributed by atoms with van der Waals surface area (Å²) >= 11 is 0. The zero-order valence-electron chi connectivity index (χ0n) is 13.0. The molecule has 2 fully saturated rings. The van der Waals surface area contributed by atoms with Gasteiger partial charge in [-0.05, 0) is 43.7 Å². The molecule has 1 amide bonds. The van der Waals surface area contributed by atoms with E-state index in [4.69, 9.17) is 0 Å². The van der Waals surface area contributed by atoms with Crippen molar-refractivity contribution in [2.75, 3.05) is 31.6 Å². The lowest BCUT2D eigenvalue weighted by Crippen LogP contribution is -2.40. The monoisotopic (exact) mass is 298 g/mol. The molecular weight excluding hydrogens is 276 g/mol. The van der Waals surface area contributed by atoms with Crippen molar-refractivity contribution in [2.45, 2.75) is 25.7 Å². The number of carbonyl (C=O) groups excluding carboxylic acids is 1. The minimum atomic E-state index is 0.303. The van der Waals surface area contributed by atoms with Crippen molar-refractivity contribution >= 4 is 11.7 Å². The summed E-state index contributed by atoms with van der Waals surface area (Å²) in [5, 5.41) is 9.18. The smallest absolute Gasteiger partial charge is 0.225 e. The molecule has 5 nitrogen and oxygen atoms in total. The fraction of sp³-hybridized carbons (Fsp3) is 0.588. The predicted octanol–water partition coefficient (Wildman–Crippen LogP) is 2.04. The minimum Gasteiger partial charge on any atom is -0.356 e. The molecule has 0 N–H and O–H groups in total. The molecule has 0 spiro atoms. The van der Waals surface area contributed by atoms with Gasteiger partial charge in [0.25, 0.3) is 0 Å². The Morgan fingerprint density at radius 2 is 2.14 bits per heavy atom. The Balaban J connectivity index is 1.54. The van der Waals surface area contributed by atoms with Crippen LogP contribution in [0.5, 0.6) is 0 Å². The Hall–Kier alpha value is -2.09. The standard InChI is InChI=1S/C17H22N4O/c1-20(17(22)14-4-5-14)12-13-6-9-21(10-7-13)16-15(11-18)3-2-8-19-16/h2-3,8,13-14H,4-7,9-10,12H2,1H3. The number of piperidine rings is 1. The molecule has 1 aliphatic heterocycles. The van der Waals surface area contributed by atoms with E-state index in [1.165, 1.54) is 0 Å². The average molecular weight is 298 g/mol. The van der Waals surface area contributed by atoms with Gasteiger partial charge in [0.2, 0.25) is 5.91 Å². The number of nitriles is 1. The molecule has 116 valence electrons. The number of pyridine rings is 1. The highest BCUT2D eigenvalue weighted by Gasteiger charge is 2.33. The molecule has 0 bridgehead atoms. The highest BCUT2D eigenvalue weighted by atomic mass is 16.2. The zero-order chi connectivity index (χ0) is 15.5. The molecule has 22 heavy (non-hydrogen) atoms. The fourth-order valence-electron chi connectivity index (χ4n) is 3.18. The van der Waals surface area contributed by atoms with Gasteiger partial charge in [-0.3, -0.25) is 4.79 Å². The number of nitrogens with zero attached hydrogens (tertiary/aromatic N) is 4. The summed E-state index contributed by atoms with van der Waals surface area (Å²) in [5.41, 5.74) is 0.641. The van der Waals surface area contributed by atoms with E-state index in [9.17, 15) is 10.1 Å². The first-order valence-electron chi connectivity index (χ1n) is 8.04. The molecule has 2 aliphatic rings. The molecule has 1 aromatic rings. The van der Waals surface area contributed by atoms with Gasteiger partial charge >= 0.3 is 0 Å². The van der Waals surface area contributed by atoms with Crippen LogP contribution in [0, 0.1) is 23.2 Å². The van der Waals surface area contributed by atoms with Crippen LogP contribution < -0.4 is 4.90 Å². The van der Waals surface area contributed by atoms with Gasteiger partial charge in [0.05, 0.1) is 5.56 Å². The van der Waals surface area contributed by atoms with Gasteiger partial charge in [-0.2, -0.15) is 5.26 Å². The number of rotatable bonds is 4. The maximum atomic E-state index is 12.0. The minimum absolute atomic E-state index is 0.303. The number of anilines is 1. The molecule has 0 aromatic carbocycles. The van der Waals surface area contributed by atoms with Gasteiger partial charge in [-0.1, -0.05) is 0 Å². The van der Waals surface area contributed by atoms with E-state index in [1.54, 1.807) is 12.3 Å². The number of hydrogen-bond donors (Lipinski definition) is 0. The SMILES string of the molecule is CN(CC1CCN(c2ncccc2C#N)CC1)C(=O)C1CC1. The number of carbonyl (C=O) groups is 1. The molecular formula is C17H22N4O. The Labute approximate surface area is 131 Å². The first-order valence-corrected chi connectivity index (χ1v) is 8.04. The Morgan fingerprint density at radius 1 is 1.41 bits per heavy atom. The van der Waals surface area contributed by atoms with E-state index in [2.05, 4.69) is 16.0 Å². The van der Waals surface area contributed by atoms with Crippen LogP contribution in [0.1, 0.15) is 31.2 Å². The Kier molecular flexibility index (Phi) is 4.28. The molecule has 5 heteroatoms. The van der Waals surface area contributed by atoms with Gasteiger partial charge < -0.3 is 9.80 Å². The van der Waals surface area contributed by atoms with Crippen LogP contribution >= 0.6 is 0 Å². The Morgan fingerprint density at radius 3 is 2.77 bits per heavy atom. The number of aromatic nitrogens is 1. The van der Waals surface area contributed by atoms with Crippen molar-refractivity contribution in [3.63, 3.8) is 0 Å². The van der Waals surface area contributed by atoms with Gasteiger partial charge in [0, 0.05) is 38.8 Å². The summed E-state index contributed by atoms with van der Waals surface area (Å²) in [4.78, 5) is 20.5. The van der Waals surface area contributed by atoms with Crippen molar-refractivity contribution in [3.05, 3.63) is 23.9 Å². The average Bonchev–Trinajstić information content (AvgIpc) is 3.39. The molecule has 1 aromatic heterocycles. The van der Waals surface area contributed by atoms with Crippen molar-refractivity contribution in [1.82, 2.24) is 9.88 Å².